The van der Waals surface area contributed by atoms with Gasteiger partial charge in [-0.05, 0) is 19.1 Å². The first-order valence-corrected chi connectivity index (χ1v) is 8.77. The third-order valence-corrected chi connectivity index (χ3v) is 5.50. The Kier molecular flexibility index (Phi) is 3.87. The van der Waals surface area contributed by atoms with Crippen molar-refractivity contribution in [2.75, 3.05) is 0 Å². The van der Waals surface area contributed by atoms with E-state index < -0.39 is 22.4 Å². The number of fused-ring (bicyclic) bond motifs is 2. The Hall–Kier alpha value is -2.28. The maximum Gasteiger partial charge on any atom is 0.449 e. The number of alkyl halides is 4. The maximum absolute atomic E-state index is 13.4. The molecule has 3 nitrogen and oxygen atoms in total. The van der Waals surface area contributed by atoms with Crippen LogP contribution in [-0.4, -0.2) is 16.7 Å². The van der Waals surface area contributed by atoms with E-state index in [1.165, 1.54) is 6.07 Å². The molecule has 2 aliphatic heterocycles. The van der Waals surface area contributed by atoms with Gasteiger partial charge in [0.05, 0.1) is 0 Å². The Morgan fingerprint density at radius 3 is 2.54 bits per heavy atom. The van der Waals surface area contributed by atoms with Crippen LogP contribution in [-0.2, 0) is 10.4 Å². The van der Waals surface area contributed by atoms with Crippen LogP contribution in [0.25, 0.3) is 0 Å². The molecule has 2 heterocycles. The standard InChI is InChI=1S/C19H13BrF3NO2/c1-11-7-8-14-13(9-11)18(10-15(25-14)19(21,22)23)17(20)16(24-26-18)12-5-3-2-4-6-12/h2-10,17H,1H3/t17?,18-/m1/s1. The molecule has 0 bridgehead atoms. The van der Waals surface area contributed by atoms with E-state index in [0.29, 0.717) is 11.3 Å². The van der Waals surface area contributed by atoms with Gasteiger partial charge in [0.1, 0.15) is 16.3 Å². The quantitative estimate of drug-likeness (QED) is 0.588. The van der Waals surface area contributed by atoms with Crippen LogP contribution in [0, 0.1) is 6.92 Å². The number of nitrogens with zero attached hydrogens (tertiary/aromatic N) is 1. The summed E-state index contributed by atoms with van der Waals surface area (Å²) >= 11 is 3.53. The molecule has 0 fully saturated rings. The first-order chi connectivity index (χ1) is 12.3. The smallest absolute Gasteiger partial charge is 0.449 e. The van der Waals surface area contributed by atoms with Gasteiger partial charge in [-0.2, -0.15) is 13.2 Å². The molecule has 0 aliphatic carbocycles. The minimum atomic E-state index is -4.64. The molecular weight excluding hydrogens is 411 g/mol. The highest BCUT2D eigenvalue weighted by Crippen LogP contribution is 2.51. The monoisotopic (exact) mass is 423 g/mol. The van der Waals surface area contributed by atoms with Crippen LogP contribution in [0.4, 0.5) is 13.2 Å². The first kappa shape index (κ1) is 17.1. The second-order valence-electron chi connectivity index (χ2n) is 6.20. The zero-order chi connectivity index (χ0) is 18.5. The molecule has 0 radical (unpaired) electrons. The summed E-state index contributed by atoms with van der Waals surface area (Å²) in [4.78, 5) is 5.04. The van der Waals surface area contributed by atoms with E-state index in [9.17, 15) is 13.2 Å². The predicted octanol–water partition coefficient (Wildman–Crippen LogP) is 5.23. The summed E-state index contributed by atoms with van der Waals surface area (Å²) in [5, 5.41) is 4.11. The Bertz CT molecular complexity index is 924. The zero-order valence-electron chi connectivity index (χ0n) is 13.5. The molecule has 0 aromatic heterocycles. The summed E-state index contributed by atoms with van der Waals surface area (Å²) in [6.45, 7) is 1.86. The topological polar surface area (TPSA) is 30.8 Å². The summed E-state index contributed by atoms with van der Waals surface area (Å²) < 4.78 is 45.3. The van der Waals surface area contributed by atoms with Crippen molar-refractivity contribution in [2.24, 2.45) is 5.16 Å². The minimum absolute atomic E-state index is 0.111. The Balaban J connectivity index is 1.87. The molecule has 1 spiro atoms. The molecule has 2 atom stereocenters. The molecule has 1 unspecified atom stereocenters. The largest absolute Gasteiger partial charge is 0.452 e. The molecule has 2 aromatic rings. The zero-order valence-corrected chi connectivity index (χ0v) is 15.1. The number of hydrogen-bond donors (Lipinski definition) is 0. The van der Waals surface area contributed by atoms with Gasteiger partial charge in [-0.25, -0.2) is 0 Å². The van der Waals surface area contributed by atoms with Crippen molar-refractivity contribution in [3.63, 3.8) is 0 Å². The fraction of sp³-hybridized carbons (Fsp3) is 0.211. The molecule has 0 amide bonds. The Labute approximate surface area is 156 Å². The van der Waals surface area contributed by atoms with E-state index in [2.05, 4.69) is 21.1 Å². The van der Waals surface area contributed by atoms with E-state index in [4.69, 9.17) is 9.57 Å². The van der Waals surface area contributed by atoms with Gasteiger partial charge in [0.2, 0.25) is 11.4 Å². The number of aryl methyl sites for hydroxylation is 1. The third kappa shape index (κ3) is 2.61. The number of ether oxygens (including phenoxy) is 1. The van der Waals surface area contributed by atoms with Crippen LogP contribution >= 0.6 is 15.9 Å². The van der Waals surface area contributed by atoms with Crippen LogP contribution in [0.15, 0.2) is 65.5 Å². The predicted molar refractivity (Wildman–Crippen MR) is 94.4 cm³/mol. The Morgan fingerprint density at radius 2 is 1.85 bits per heavy atom. The van der Waals surface area contributed by atoms with Crippen molar-refractivity contribution >= 4 is 21.6 Å². The van der Waals surface area contributed by atoms with Gasteiger partial charge in [-0.15, -0.1) is 0 Å². The lowest BCUT2D eigenvalue weighted by Crippen LogP contribution is -2.40. The second kappa shape index (κ2) is 5.87. The molecular formula is C19H13BrF3NO2. The highest BCUT2D eigenvalue weighted by Gasteiger charge is 2.55. The molecule has 2 aliphatic rings. The summed E-state index contributed by atoms with van der Waals surface area (Å²) in [6.07, 6.45) is -3.67. The van der Waals surface area contributed by atoms with Crippen LogP contribution in [0.2, 0.25) is 0 Å². The van der Waals surface area contributed by atoms with Gasteiger partial charge >= 0.3 is 6.18 Å². The van der Waals surface area contributed by atoms with E-state index >= 15 is 0 Å². The lowest BCUT2D eigenvalue weighted by molar-refractivity contribution is -0.122. The van der Waals surface area contributed by atoms with Crippen LogP contribution < -0.4 is 4.74 Å². The number of allylic oxidation sites excluding steroid dienone is 1. The van der Waals surface area contributed by atoms with Crippen molar-refractivity contribution in [2.45, 2.75) is 23.5 Å². The minimum Gasteiger partial charge on any atom is -0.452 e. The maximum atomic E-state index is 13.4. The molecule has 26 heavy (non-hydrogen) atoms. The summed E-state index contributed by atoms with van der Waals surface area (Å²) in [5.74, 6) is -0.998. The average molecular weight is 424 g/mol. The fourth-order valence-electron chi connectivity index (χ4n) is 3.11. The van der Waals surface area contributed by atoms with Crippen LogP contribution in [0.5, 0.6) is 5.75 Å². The normalized spacial score (nSPS) is 24.4. The third-order valence-electron chi connectivity index (χ3n) is 4.38. The molecule has 0 N–H and O–H groups in total. The molecule has 0 saturated carbocycles. The van der Waals surface area contributed by atoms with E-state index in [-0.39, 0.29) is 5.75 Å². The summed E-state index contributed by atoms with van der Waals surface area (Å²) in [7, 11) is 0. The van der Waals surface area contributed by atoms with Crippen molar-refractivity contribution in [3.05, 3.63) is 77.1 Å². The number of rotatable bonds is 1. The molecule has 4 rings (SSSR count). The molecule has 2 aromatic carbocycles. The molecule has 7 heteroatoms. The summed E-state index contributed by atoms with van der Waals surface area (Å²) in [6, 6.07) is 14.2. The summed E-state index contributed by atoms with van der Waals surface area (Å²) in [5.41, 5.74) is 1.25. The second-order valence-corrected chi connectivity index (χ2v) is 7.11. The van der Waals surface area contributed by atoms with E-state index in [0.717, 1.165) is 17.2 Å². The van der Waals surface area contributed by atoms with Crippen LogP contribution in [0.1, 0.15) is 16.7 Å². The van der Waals surface area contributed by atoms with E-state index in [1.807, 2.05) is 37.3 Å². The number of hydrogen-bond acceptors (Lipinski definition) is 3. The van der Waals surface area contributed by atoms with E-state index in [1.54, 1.807) is 12.1 Å². The molecule has 134 valence electrons. The lowest BCUT2D eigenvalue weighted by atomic mass is 9.84. The fourth-order valence-corrected chi connectivity index (χ4v) is 3.92. The first-order valence-electron chi connectivity index (χ1n) is 7.86. The van der Waals surface area contributed by atoms with Gasteiger partial charge < -0.3 is 9.57 Å². The van der Waals surface area contributed by atoms with Gasteiger partial charge in [0.25, 0.3) is 0 Å². The SMILES string of the molecule is Cc1ccc2c(c1)[C@@]1(C=C(C(F)(F)F)O2)ON=C(c2ccccc2)C1Br. The lowest BCUT2D eigenvalue weighted by Gasteiger charge is -2.34. The number of halogens is 4. The van der Waals surface area contributed by atoms with Crippen molar-refractivity contribution in [1.82, 2.24) is 0 Å². The van der Waals surface area contributed by atoms with Gasteiger partial charge in [0, 0.05) is 17.2 Å². The van der Waals surface area contributed by atoms with Gasteiger partial charge in [-0.3, -0.25) is 0 Å². The highest BCUT2D eigenvalue weighted by atomic mass is 79.9. The molecule has 0 saturated heterocycles. The Morgan fingerprint density at radius 1 is 1.12 bits per heavy atom. The van der Waals surface area contributed by atoms with Crippen molar-refractivity contribution in [1.29, 1.82) is 0 Å². The van der Waals surface area contributed by atoms with Gasteiger partial charge in [-0.1, -0.05) is 63.0 Å². The number of benzene rings is 2. The highest BCUT2D eigenvalue weighted by molar-refractivity contribution is 9.10. The van der Waals surface area contributed by atoms with Gasteiger partial charge in [0.15, 0.2) is 0 Å². The van der Waals surface area contributed by atoms with Crippen molar-refractivity contribution < 1.29 is 22.7 Å². The van der Waals surface area contributed by atoms with Crippen molar-refractivity contribution in [3.8, 4) is 5.75 Å². The average Bonchev–Trinajstić information content (AvgIpc) is 2.93. The number of oxime groups is 1. The van der Waals surface area contributed by atoms with Crippen LogP contribution in [0.3, 0.4) is 0 Å².